The van der Waals surface area contributed by atoms with E-state index in [4.69, 9.17) is 10.2 Å². The number of rotatable bonds is 0. The molecule has 0 aromatic carbocycles. The Bertz CT molecular complexity index is 11.7. The first kappa shape index (κ1) is 15.8. The summed E-state index contributed by atoms with van der Waals surface area (Å²) < 4.78 is 0. The van der Waals surface area contributed by atoms with Gasteiger partial charge in [-0.05, 0) is 6.92 Å². The van der Waals surface area contributed by atoms with Gasteiger partial charge in [0.2, 0.25) is 0 Å². The van der Waals surface area contributed by atoms with Crippen molar-refractivity contribution in [2.45, 2.75) is 13.8 Å². The van der Waals surface area contributed by atoms with Crippen molar-refractivity contribution in [3.63, 3.8) is 0 Å². The molecule has 0 aliphatic heterocycles. The maximum atomic E-state index is 8.93. The summed E-state index contributed by atoms with van der Waals surface area (Å²) in [6.45, 7) is 3.50. The van der Waals surface area contributed by atoms with Crippen LogP contribution in [-0.2, 0) is 0 Å². The topological polar surface area (TPSA) is 43.3 Å². The van der Waals surface area contributed by atoms with Gasteiger partial charge in [-0.2, -0.15) is 0 Å². The van der Waals surface area contributed by atoms with Crippen LogP contribution in [0, 0.1) is 0 Å². The van der Waals surface area contributed by atoms with Gasteiger partial charge in [0.25, 0.3) is 0 Å². The average molecular weight is 130 g/mol. The van der Waals surface area contributed by atoms with Crippen LogP contribution in [0.3, 0.4) is 0 Å². The summed E-state index contributed by atoms with van der Waals surface area (Å²) >= 11 is 0. The molecule has 0 heterocycles. The summed E-state index contributed by atoms with van der Waals surface area (Å²) in [6, 6.07) is 0. The van der Waals surface area contributed by atoms with Gasteiger partial charge in [-0.1, -0.05) is 6.92 Å². The summed E-state index contributed by atoms with van der Waals surface area (Å²) in [5.41, 5.74) is 0. The van der Waals surface area contributed by atoms with Crippen LogP contribution >= 0.6 is 0 Å². The fourth-order valence-corrected chi connectivity index (χ4v) is 0. The second-order valence-electron chi connectivity index (χ2n) is 0.605. The van der Waals surface area contributed by atoms with Crippen LogP contribution < -0.4 is 56.5 Å². The van der Waals surface area contributed by atoms with Gasteiger partial charge in [-0.25, -0.2) is 0 Å². The predicted octanol–water partition coefficient (Wildman–Crippen LogP) is -3.63. The quantitative estimate of drug-likeness (QED) is 0.344. The first-order valence-corrected chi connectivity index (χ1v) is 2.02. The van der Waals surface area contributed by atoms with Crippen LogP contribution in [0.1, 0.15) is 13.8 Å². The van der Waals surface area contributed by atoms with E-state index in [9.17, 15) is 0 Å². The van der Waals surface area contributed by atoms with Crippen molar-refractivity contribution in [1.82, 2.24) is 0 Å². The van der Waals surface area contributed by atoms with E-state index in [1.165, 1.54) is 0 Å². The molecule has 0 bridgehead atoms. The standard InChI is InChI=1S/C2H6O.C2H5O.K/c2*1-2-3;/h3H,2H2,1H3;2H2,1H3;/q;-1;+1. The molecule has 40 valence electrons. The van der Waals surface area contributed by atoms with E-state index in [0.29, 0.717) is 0 Å². The second kappa shape index (κ2) is 25.7. The Labute approximate surface area is 87.4 Å². The molecule has 1 N–H and O–H groups in total. The molecule has 0 unspecified atom stereocenters. The number of hydrogen-bond donors (Lipinski definition) is 1. The van der Waals surface area contributed by atoms with Crippen LogP contribution in [-0.4, -0.2) is 18.3 Å². The zero-order valence-corrected chi connectivity index (χ0v) is 8.39. The van der Waals surface area contributed by atoms with Gasteiger partial charge in [0.15, 0.2) is 0 Å². The average Bonchev–Trinajstić information content (AvgIpc) is 1.39. The van der Waals surface area contributed by atoms with Crippen LogP contribution in [0.15, 0.2) is 0 Å². The molecular formula is C4H11KO2. The third-order valence-corrected chi connectivity index (χ3v) is 0. The first-order valence-electron chi connectivity index (χ1n) is 2.02. The maximum absolute atomic E-state index is 8.93. The molecule has 0 radical (unpaired) electrons. The molecule has 0 aromatic heterocycles. The van der Waals surface area contributed by atoms with Crippen LogP contribution in [0.25, 0.3) is 0 Å². The van der Waals surface area contributed by atoms with Gasteiger partial charge in [-0.15, -0.1) is 6.61 Å². The van der Waals surface area contributed by atoms with E-state index < -0.39 is 0 Å². The molecule has 3 heteroatoms. The fourth-order valence-electron chi connectivity index (χ4n) is 0. The smallest absolute Gasteiger partial charge is 0.855 e. The van der Waals surface area contributed by atoms with Crippen molar-refractivity contribution in [2.24, 2.45) is 0 Å². The Hall–Kier alpha value is 1.56. The molecule has 0 spiro atoms. The van der Waals surface area contributed by atoms with Gasteiger partial charge >= 0.3 is 51.4 Å². The Morgan fingerprint density at radius 1 is 1.43 bits per heavy atom. The van der Waals surface area contributed by atoms with Crippen LogP contribution in [0.2, 0.25) is 0 Å². The third kappa shape index (κ3) is 96.3. The predicted molar refractivity (Wildman–Crippen MR) is 23.3 cm³/mol. The van der Waals surface area contributed by atoms with Gasteiger partial charge < -0.3 is 10.2 Å². The molecule has 0 atom stereocenters. The number of aliphatic hydroxyl groups excluding tert-OH is 1. The zero-order valence-electron chi connectivity index (χ0n) is 5.27. The summed E-state index contributed by atoms with van der Waals surface area (Å²) in [6.07, 6.45) is 0. The molecule has 0 saturated carbocycles. The van der Waals surface area contributed by atoms with Crippen molar-refractivity contribution in [3.8, 4) is 0 Å². The molecule has 0 amide bonds. The Morgan fingerprint density at radius 2 is 1.43 bits per heavy atom. The molecule has 0 aliphatic rings. The monoisotopic (exact) mass is 130 g/mol. The van der Waals surface area contributed by atoms with E-state index in [2.05, 4.69) is 0 Å². The maximum Gasteiger partial charge on any atom is 1.00 e. The van der Waals surface area contributed by atoms with Gasteiger partial charge in [0, 0.05) is 6.61 Å². The molecule has 2 nitrogen and oxygen atoms in total. The molecule has 0 saturated heterocycles. The van der Waals surface area contributed by atoms with E-state index in [1.807, 2.05) is 0 Å². The number of hydrogen-bond acceptors (Lipinski definition) is 2. The summed E-state index contributed by atoms with van der Waals surface area (Å²) in [5.74, 6) is 0. The molecule has 0 fully saturated rings. The number of aliphatic hydroxyl groups is 1. The van der Waals surface area contributed by atoms with E-state index in [0.717, 1.165) is 0 Å². The summed E-state index contributed by atoms with van der Waals surface area (Å²) in [5, 5.41) is 16.5. The van der Waals surface area contributed by atoms with Crippen LogP contribution in [0.4, 0.5) is 0 Å². The molecule has 0 aromatic rings. The van der Waals surface area contributed by atoms with E-state index in [-0.39, 0.29) is 64.6 Å². The van der Waals surface area contributed by atoms with Crippen molar-refractivity contribution >= 4 is 0 Å². The SMILES string of the molecule is CCO.CC[O-].[K+]. The molecule has 0 rings (SSSR count). The zero-order chi connectivity index (χ0) is 5.41. The third-order valence-electron chi connectivity index (χ3n) is 0. The summed E-state index contributed by atoms with van der Waals surface area (Å²) in [4.78, 5) is 0. The van der Waals surface area contributed by atoms with Crippen molar-refractivity contribution < 1.29 is 61.6 Å². The Kier molecular flexibility index (Phi) is 58.1. The van der Waals surface area contributed by atoms with Crippen molar-refractivity contribution in [2.75, 3.05) is 13.2 Å². The molecular weight excluding hydrogens is 119 g/mol. The molecule has 7 heavy (non-hydrogen) atoms. The largest absolute Gasteiger partial charge is 1.00 e. The summed E-state index contributed by atoms with van der Waals surface area (Å²) in [7, 11) is 0. The van der Waals surface area contributed by atoms with E-state index >= 15 is 0 Å². The first-order chi connectivity index (χ1) is 2.83. The van der Waals surface area contributed by atoms with E-state index in [1.54, 1.807) is 13.8 Å². The molecule has 0 aliphatic carbocycles. The fraction of sp³-hybridized carbons (Fsp3) is 1.00. The van der Waals surface area contributed by atoms with Gasteiger partial charge in [-0.3, -0.25) is 0 Å². The Balaban J connectivity index is -0.0000000400. The van der Waals surface area contributed by atoms with Crippen LogP contribution in [0.5, 0.6) is 0 Å². The Morgan fingerprint density at radius 3 is 1.43 bits per heavy atom. The minimum atomic E-state index is 0. The minimum Gasteiger partial charge on any atom is -0.855 e. The van der Waals surface area contributed by atoms with Gasteiger partial charge in [0.1, 0.15) is 0 Å². The minimum absolute atomic E-state index is 0. The normalized spacial score (nSPS) is 5.14. The van der Waals surface area contributed by atoms with Crippen molar-refractivity contribution in [3.05, 3.63) is 0 Å². The second-order valence-corrected chi connectivity index (χ2v) is 0.605. The van der Waals surface area contributed by atoms with Gasteiger partial charge in [0.05, 0.1) is 0 Å². The van der Waals surface area contributed by atoms with Crippen molar-refractivity contribution in [1.29, 1.82) is 0 Å².